The van der Waals surface area contributed by atoms with Crippen LogP contribution in [0.25, 0.3) is 0 Å². The molecule has 0 amide bonds. The molecule has 194 valence electrons. The summed E-state index contributed by atoms with van der Waals surface area (Å²) in [7, 11) is 0. The first-order valence-electron chi connectivity index (χ1n) is 11.6. The first-order valence-corrected chi connectivity index (χ1v) is 11.6. The maximum absolute atomic E-state index is 11.3. The summed E-state index contributed by atoms with van der Waals surface area (Å²) in [6.45, 7) is 18.9. The minimum Gasteiger partial charge on any atom is -0.463 e. The Labute approximate surface area is 203 Å². The quantitative estimate of drug-likeness (QED) is 0.210. The molecule has 0 saturated heterocycles. The SMILES string of the molecule is C=C(C)C(=O)OCCO.C=CC(=O)OC1CC2CCC1(C)C2(C)C.C=CC(=O)OCCCCO. The van der Waals surface area contributed by atoms with Crippen LogP contribution < -0.4 is 0 Å². The maximum Gasteiger partial charge on any atom is 0.333 e. The van der Waals surface area contributed by atoms with Crippen molar-refractivity contribution in [1.29, 1.82) is 0 Å². The monoisotopic (exact) mass is 482 g/mol. The second-order valence-corrected chi connectivity index (χ2v) is 9.18. The van der Waals surface area contributed by atoms with E-state index in [0.717, 1.165) is 12.5 Å². The second kappa shape index (κ2) is 15.5. The van der Waals surface area contributed by atoms with E-state index in [4.69, 9.17) is 14.9 Å². The van der Waals surface area contributed by atoms with E-state index in [1.165, 1.54) is 18.9 Å². The summed E-state index contributed by atoms with van der Waals surface area (Å²) in [5.74, 6) is -0.420. The number of carbonyl (C=O) groups is 3. The molecule has 0 aliphatic heterocycles. The molecule has 2 N–H and O–H groups in total. The van der Waals surface area contributed by atoms with E-state index >= 15 is 0 Å². The Hall–Kier alpha value is -2.45. The van der Waals surface area contributed by atoms with Crippen LogP contribution in [0.3, 0.4) is 0 Å². The number of fused-ring (bicyclic) bond motifs is 2. The molecule has 2 saturated carbocycles. The van der Waals surface area contributed by atoms with Crippen molar-refractivity contribution in [3.63, 3.8) is 0 Å². The van der Waals surface area contributed by atoms with Crippen molar-refractivity contribution in [2.24, 2.45) is 16.7 Å². The molecule has 2 aliphatic rings. The van der Waals surface area contributed by atoms with Gasteiger partial charge in [0.05, 0.1) is 13.2 Å². The molecule has 34 heavy (non-hydrogen) atoms. The Morgan fingerprint density at radius 2 is 1.59 bits per heavy atom. The van der Waals surface area contributed by atoms with Gasteiger partial charge in [-0.1, -0.05) is 40.5 Å². The first-order chi connectivity index (χ1) is 15.9. The van der Waals surface area contributed by atoms with Crippen LogP contribution in [-0.2, 0) is 28.6 Å². The molecule has 0 aromatic carbocycles. The molecular formula is C26H42O8. The molecule has 0 aromatic heterocycles. The third kappa shape index (κ3) is 9.43. The minimum atomic E-state index is -0.455. The van der Waals surface area contributed by atoms with Crippen LogP contribution in [0.15, 0.2) is 37.5 Å². The van der Waals surface area contributed by atoms with Gasteiger partial charge in [-0.15, -0.1) is 0 Å². The van der Waals surface area contributed by atoms with Crippen LogP contribution in [0.5, 0.6) is 0 Å². The summed E-state index contributed by atoms with van der Waals surface area (Å²) in [5.41, 5.74) is 0.818. The molecule has 3 unspecified atom stereocenters. The predicted octanol–water partition coefficient (Wildman–Crippen LogP) is 3.52. The van der Waals surface area contributed by atoms with Gasteiger partial charge >= 0.3 is 17.9 Å². The highest BCUT2D eigenvalue weighted by molar-refractivity contribution is 5.86. The lowest BCUT2D eigenvalue weighted by molar-refractivity contribution is -0.150. The molecule has 0 aromatic rings. The van der Waals surface area contributed by atoms with E-state index in [1.807, 2.05) is 0 Å². The molecular weight excluding hydrogens is 440 g/mol. The van der Waals surface area contributed by atoms with Crippen molar-refractivity contribution in [3.8, 4) is 0 Å². The lowest BCUT2D eigenvalue weighted by Gasteiger charge is -2.38. The zero-order chi connectivity index (χ0) is 26.4. The second-order valence-electron chi connectivity index (χ2n) is 9.18. The lowest BCUT2D eigenvalue weighted by atomic mass is 9.70. The van der Waals surface area contributed by atoms with Gasteiger partial charge in [0.25, 0.3) is 0 Å². The number of carbonyl (C=O) groups excluding carboxylic acids is 3. The van der Waals surface area contributed by atoms with Crippen LogP contribution >= 0.6 is 0 Å². The Bertz CT molecular complexity index is 712. The summed E-state index contributed by atoms with van der Waals surface area (Å²) in [6, 6.07) is 0. The Morgan fingerprint density at radius 3 is 2.00 bits per heavy atom. The van der Waals surface area contributed by atoms with E-state index in [2.05, 4.69) is 50.0 Å². The predicted molar refractivity (Wildman–Crippen MR) is 130 cm³/mol. The standard InChI is InChI=1S/C13H20O2.C7H12O3.C6H10O3/c1-5-11(14)15-10-8-9-6-7-13(10,4)12(9,2)3;1-2-7(9)10-6-4-3-5-8;1-5(2)6(8)9-4-3-7/h5,9-10H,1,6-8H2,2-4H3;2,8H,1,3-6H2;7H,1,3-4H2,2H3. The molecule has 3 atom stereocenters. The lowest BCUT2D eigenvalue weighted by Crippen LogP contribution is -2.38. The highest BCUT2D eigenvalue weighted by Gasteiger charge is 2.62. The van der Waals surface area contributed by atoms with Gasteiger partial charge in [0.1, 0.15) is 12.7 Å². The van der Waals surface area contributed by atoms with Crippen LogP contribution in [0.4, 0.5) is 0 Å². The molecule has 2 rings (SSSR count). The van der Waals surface area contributed by atoms with Gasteiger partial charge in [-0.25, -0.2) is 14.4 Å². The third-order valence-electron chi connectivity index (χ3n) is 6.78. The van der Waals surface area contributed by atoms with Crippen molar-refractivity contribution in [3.05, 3.63) is 37.5 Å². The van der Waals surface area contributed by atoms with Gasteiger partial charge in [0.2, 0.25) is 0 Å². The van der Waals surface area contributed by atoms with Crippen LogP contribution in [-0.4, -0.2) is 60.7 Å². The third-order valence-corrected chi connectivity index (χ3v) is 6.78. The van der Waals surface area contributed by atoms with Crippen LogP contribution in [0, 0.1) is 16.7 Å². The number of aliphatic hydroxyl groups excluding tert-OH is 2. The van der Waals surface area contributed by atoms with E-state index in [9.17, 15) is 14.4 Å². The summed E-state index contributed by atoms with van der Waals surface area (Å²) in [6.07, 6.45) is 7.35. The van der Waals surface area contributed by atoms with E-state index < -0.39 is 11.9 Å². The van der Waals surface area contributed by atoms with E-state index in [-0.39, 0.29) is 37.3 Å². The smallest absolute Gasteiger partial charge is 0.333 e. The average Bonchev–Trinajstić information content (AvgIpc) is 3.14. The topological polar surface area (TPSA) is 119 Å². The minimum absolute atomic E-state index is 0.0473. The zero-order valence-corrected chi connectivity index (χ0v) is 21.1. The number of unbranched alkanes of at least 4 members (excludes halogenated alkanes) is 1. The Kier molecular flexibility index (Phi) is 14.3. The Balaban J connectivity index is 0.000000507. The van der Waals surface area contributed by atoms with Gasteiger partial charge in [-0.05, 0) is 50.4 Å². The number of hydrogen-bond acceptors (Lipinski definition) is 8. The molecule has 0 spiro atoms. The van der Waals surface area contributed by atoms with Crippen molar-refractivity contribution >= 4 is 17.9 Å². The first kappa shape index (κ1) is 31.6. The van der Waals surface area contributed by atoms with Crippen LogP contribution in [0.2, 0.25) is 0 Å². The fourth-order valence-corrected chi connectivity index (χ4v) is 4.20. The van der Waals surface area contributed by atoms with Gasteiger partial charge < -0.3 is 24.4 Å². The summed E-state index contributed by atoms with van der Waals surface area (Å²) in [5, 5.41) is 16.5. The van der Waals surface area contributed by atoms with Crippen molar-refractivity contribution < 1.29 is 38.8 Å². The summed E-state index contributed by atoms with van der Waals surface area (Å²) < 4.78 is 14.6. The molecule has 8 nitrogen and oxygen atoms in total. The van der Waals surface area contributed by atoms with Gasteiger partial charge in [0.15, 0.2) is 0 Å². The molecule has 2 aliphatic carbocycles. The van der Waals surface area contributed by atoms with Gasteiger partial charge in [0, 0.05) is 29.7 Å². The van der Waals surface area contributed by atoms with Gasteiger partial charge in [-0.3, -0.25) is 0 Å². The van der Waals surface area contributed by atoms with Crippen molar-refractivity contribution in [2.75, 3.05) is 26.4 Å². The molecule has 0 heterocycles. The summed E-state index contributed by atoms with van der Waals surface area (Å²) >= 11 is 0. The number of aliphatic hydroxyl groups is 2. The highest BCUT2D eigenvalue weighted by Crippen LogP contribution is 2.66. The summed E-state index contributed by atoms with van der Waals surface area (Å²) in [4.78, 5) is 32.1. The zero-order valence-electron chi connectivity index (χ0n) is 21.1. The number of rotatable bonds is 10. The van der Waals surface area contributed by atoms with Crippen molar-refractivity contribution in [1.82, 2.24) is 0 Å². The molecule has 2 bridgehead atoms. The normalized spacial score (nSPS) is 23.2. The fourth-order valence-electron chi connectivity index (χ4n) is 4.20. The fraction of sp³-hybridized carbons (Fsp3) is 0.654. The highest BCUT2D eigenvalue weighted by atomic mass is 16.5. The van der Waals surface area contributed by atoms with E-state index in [1.54, 1.807) is 6.92 Å². The van der Waals surface area contributed by atoms with Crippen LogP contribution in [0.1, 0.15) is 59.8 Å². The largest absolute Gasteiger partial charge is 0.463 e. The molecule has 8 heteroatoms. The number of hydrogen-bond donors (Lipinski definition) is 2. The molecule has 0 radical (unpaired) electrons. The van der Waals surface area contributed by atoms with Crippen molar-refractivity contribution in [2.45, 2.75) is 65.9 Å². The average molecular weight is 483 g/mol. The number of esters is 3. The number of ether oxygens (including phenoxy) is 3. The van der Waals surface area contributed by atoms with E-state index in [0.29, 0.717) is 36.4 Å². The molecule has 2 fully saturated rings. The van der Waals surface area contributed by atoms with Gasteiger partial charge in [-0.2, -0.15) is 0 Å². The Morgan fingerprint density at radius 1 is 0.971 bits per heavy atom. The maximum atomic E-state index is 11.3.